The Labute approximate surface area is 133 Å². The Morgan fingerprint density at radius 2 is 2.22 bits per heavy atom. The minimum atomic E-state index is -4.53. The van der Waals surface area contributed by atoms with E-state index in [1.54, 1.807) is 0 Å². The maximum atomic E-state index is 12.9. The highest BCUT2D eigenvalue weighted by molar-refractivity contribution is 8.00. The maximum absolute atomic E-state index is 12.9. The second-order valence-corrected chi connectivity index (χ2v) is 6.88. The number of nitrogens with one attached hydrogen (secondary N) is 1. The van der Waals surface area contributed by atoms with E-state index < -0.39 is 18.3 Å². The fourth-order valence-electron chi connectivity index (χ4n) is 2.59. The van der Waals surface area contributed by atoms with Crippen LogP contribution in [0, 0.1) is 0 Å². The number of aliphatic hydroxyl groups is 1. The fraction of sp³-hybridized carbons (Fsp3) is 0.429. The van der Waals surface area contributed by atoms with E-state index in [0.29, 0.717) is 22.8 Å². The minimum Gasteiger partial charge on any atom is -0.392 e. The van der Waals surface area contributed by atoms with Crippen molar-refractivity contribution in [3.63, 3.8) is 0 Å². The van der Waals surface area contributed by atoms with Gasteiger partial charge < -0.3 is 14.7 Å². The van der Waals surface area contributed by atoms with Crippen LogP contribution in [0.2, 0.25) is 0 Å². The van der Waals surface area contributed by atoms with Gasteiger partial charge in [0.1, 0.15) is 10.9 Å². The van der Waals surface area contributed by atoms with Crippen LogP contribution in [0.4, 0.5) is 13.2 Å². The van der Waals surface area contributed by atoms with Crippen LogP contribution in [-0.2, 0) is 25.7 Å². The van der Waals surface area contributed by atoms with E-state index in [9.17, 15) is 18.0 Å². The zero-order valence-electron chi connectivity index (χ0n) is 12.1. The SMILES string of the molecule is CC1Cc2c(nc(Cn3cc(CO)c(C(F)(F)F)c3)[nH]c2=O)S1. The minimum absolute atomic E-state index is 0.000537. The summed E-state index contributed by atoms with van der Waals surface area (Å²) in [4.78, 5) is 19.0. The molecule has 0 aromatic carbocycles. The number of alkyl halides is 3. The first-order valence-corrected chi connectivity index (χ1v) is 7.81. The summed E-state index contributed by atoms with van der Waals surface area (Å²) in [6.07, 6.45) is -1.77. The summed E-state index contributed by atoms with van der Waals surface area (Å²) in [5.41, 5.74) is -0.700. The molecule has 23 heavy (non-hydrogen) atoms. The average molecular weight is 345 g/mol. The lowest BCUT2D eigenvalue weighted by Gasteiger charge is -2.06. The third-order valence-corrected chi connectivity index (χ3v) is 4.73. The molecule has 0 spiro atoms. The monoisotopic (exact) mass is 345 g/mol. The van der Waals surface area contributed by atoms with Crippen LogP contribution in [0.3, 0.4) is 0 Å². The van der Waals surface area contributed by atoms with Gasteiger partial charge in [-0.25, -0.2) is 4.98 Å². The Kier molecular flexibility index (Phi) is 4.01. The van der Waals surface area contributed by atoms with Gasteiger partial charge in [-0.15, -0.1) is 11.8 Å². The molecule has 2 aromatic heterocycles. The van der Waals surface area contributed by atoms with Crippen LogP contribution in [0.15, 0.2) is 22.2 Å². The number of aromatic nitrogens is 3. The molecule has 0 amide bonds. The summed E-state index contributed by atoms with van der Waals surface area (Å²) in [5.74, 6) is 0.295. The lowest BCUT2D eigenvalue weighted by molar-refractivity contribution is -0.138. The number of fused-ring (bicyclic) bond motifs is 1. The molecule has 3 rings (SSSR count). The summed E-state index contributed by atoms with van der Waals surface area (Å²) in [6, 6.07) is 0. The van der Waals surface area contributed by atoms with Crippen LogP contribution >= 0.6 is 11.8 Å². The Hall–Kier alpha value is -1.74. The number of nitrogens with zero attached hydrogens (tertiary/aromatic N) is 2. The summed E-state index contributed by atoms with van der Waals surface area (Å²) in [6.45, 7) is 1.28. The summed E-state index contributed by atoms with van der Waals surface area (Å²) < 4.78 is 39.9. The van der Waals surface area contributed by atoms with Gasteiger partial charge >= 0.3 is 6.18 Å². The molecule has 2 N–H and O–H groups in total. The van der Waals surface area contributed by atoms with E-state index in [0.717, 1.165) is 6.20 Å². The molecular weight excluding hydrogens is 331 g/mol. The van der Waals surface area contributed by atoms with Gasteiger partial charge in [-0.2, -0.15) is 13.2 Å². The van der Waals surface area contributed by atoms with Gasteiger partial charge in [0, 0.05) is 23.2 Å². The van der Waals surface area contributed by atoms with Crippen molar-refractivity contribution in [1.82, 2.24) is 14.5 Å². The highest BCUT2D eigenvalue weighted by Crippen LogP contribution is 2.34. The molecular formula is C14H14F3N3O2S. The third-order valence-electron chi connectivity index (χ3n) is 3.60. The number of rotatable bonds is 3. The average Bonchev–Trinajstić information content (AvgIpc) is 3.01. The molecule has 1 atom stereocenters. The van der Waals surface area contributed by atoms with Gasteiger partial charge in [0.15, 0.2) is 0 Å². The second-order valence-electron chi connectivity index (χ2n) is 5.45. The molecule has 2 aromatic rings. The van der Waals surface area contributed by atoms with Crippen molar-refractivity contribution in [1.29, 1.82) is 0 Å². The molecule has 3 heterocycles. The number of hydrogen-bond donors (Lipinski definition) is 2. The Balaban J connectivity index is 1.92. The van der Waals surface area contributed by atoms with E-state index >= 15 is 0 Å². The maximum Gasteiger partial charge on any atom is 0.418 e. The quantitative estimate of drug-likeness (QED) is 0.837. The molecule has 9 heteroatoms. The van der Waals surface area contributed by atoms with Crippen LogP contribution in [0.5, 0.6) is 0 Å². The van der Waals surface area contributed by atoms with Crippen molar-refractivity contribution in [3.8, 4) is 0 Å². The van der Waals surface area contributed by atoms with E-state index in [-0.39, 0.29) is 22.9 Å². The molecule has 0 saturated heterocycles. The van der Waals surface area contributed by atoms with Gasteiger partial charge in [0.25, 0.3) is 5.56 Å². The number of hydrogen-bond acceptors (Lipinski definition) is 4. The number of aromatic amines is 1. The molecule has 0 radical (unpaired) electrons. The molecule has 124 valence electrons. The number of halogens is 3. The first-order valence-electron chi connectivity index (χ1n) is 6.93. The Morgan fingerprint density at radius 3 is 2.83 bits per heavy atom. The van der Waals surface area contributed by atoms with Gasteiger partial charge in [-0.1, -0.05) is 6.92 Å². The van der Waals surface area contributed by atoms with Gasteiger partial charge in [0.05, 0.1) is 24.3 Å². The largest absolute Gasteiger partial charge is 0.418 e. The van der Waals surface area contributed by atoms with Gasteiger partial charge in [-0.3, -0.25) is 4.79 Å². The van der Waals surface area contributed by atoms with E-state index in [2.05, 4.69) is 9.97 Å². The zero-order valence-corrected chi connectivity index (χ0v) is 13.0. The standard InChI is InChI=1S/C14H14F3N3O2S/c1-7-2-9-12(22)18-11(19-13(9)23-7)5-20-3-8(6-21)10(4-20)14(15,16)17/h3-4,7,21H,2,5-6H2,1H3,(H,18,19,22). The fourth-order valence-corrected chi connectivity index (χ4v) is 3.71. The predicted molar refractivity (Wildman–Crippen MR) is 78.3 cm³/mol. The van der Waals surface area contributed by atoms with Crippen LogP contribution in [0.25, 0.3) is 0 Å². The highest BCUT2D eigenvalue weighted by atomic mass is 32.2. The van der Waals surface area contributed by atoms with Crippen molar-refractivity contribution in [2.45, 2.75) is 42.9 Å². The van der Waals surface area contributed by atoms with E-state index in [4.69, 9.17) is 5.11 Å². The van der Waals surface area contributed by atoms with Crippen molar-refractivity contribution < 1.29 is 18.3 Å². The molecule has 1 aliphatic rings. The number of thioether (sulfide) groups is 1. The molecule has 1 unspecified atom stereocenters. The smallest absolute Gasteiger partial charge is 0.392 e. The first kappa shape index (κ1) is 16.1. The lowest BCUT2D eigenvalue weighted by atomic mass is 10.2. The van der Waals surface area contributed by atoms with E-state index in [1.807, 2.05) is 6.92 Å². The lowest BCUT2D eigenvalue weighted by Crippen LogP contribution is -2.18. The summed E-state index contributed by atoms with van der Waals surface area (Å²) in [5, 5.41) is 9.97. The normalized spacial score (nSPS) is 17.5. The molecule has 0 saturated carbocycles. The Bertz CT molecular complexity index is 798. The van der Waals surface area contributed by atoms with Crippen molar-refractivity contribution in [2.24, 2.45) is 0 Å². The second kappa shape index (κ2) is 5.72. The third kappa shape index (κ3) is 3.16. The number of aliphatic hydroxyl groups excluding tert-OH is 1. The number of H-pyrrole nitrogens is 1. The van der Waals surface area contributed by atoms with E-state index in [1.165, 1.54) is 22.5 Å². The summed E-state index contributed by atoms with van der Waals surface area (Å²) >= 11 is 1.49. The van der Waals surface area contributed by atoms with Crippen LogP contribution in [-0.4, -0.2) is 24.9 Å². The highest BCUT2D eigenvalue weighted by Gasteiger charge is 2.34. The molecule has 0 fully saturated rings. The molecule has 0 aliphatic carbocycles. The zero-order chi connectivity index (χ0) is 16.8. The van der Waals surface area contributed by atoms with Crippen LogP contribution in [0.1, 0.15) is 29.4 Å². The van der Waals surface area contributed by atoms with Crippen molar-refractivity contribution >= 4 is 11.8 Å². The topological polar surface area (TPSA) is 70.9 Å². The van der Waals surface area contributed by atoms with Crippen molar-refractivity contribution in [3.05, 3.63) is 45.3 Å². The molecule has 1 aliphatic heterocycles. The molecule has 0 bridgehead atoms. The summed E-state index contributed by atoms with van der Waals surface area (Å²) in [7, 11) is 0. The molecule has 5 nitrogen and oxygen atoms in total. The first-order chi connectivity index (χ1) is 10.8. The Morgan fingerprint density at radius 1 is 1.48 bits per heavy atom. The predicted octanol–water partition coefficient (Wildman–Crippen LogP) is 2.17. The van der Waals surface area contributed by atoms with Crippen molar-refractivity contribution in [2.75, 3.05) is 0 Å². The van der Waals surface area contributed by atoms with Crippen LogP contribution < -0.4 is 5.56 Å². The van der Waals surface area contributed by atoms with Gasteiger partial charge in [-0.05, 0) is 6.42 Å². The van der Waals surface area contributed by atoms with Gasteiger partial charge in [0.2, 0.25) is 0 Å².